The lowest BCUT2D eigenvalue weighted by atomic mass is 10.0. The minimum Gasteiger partial charge on any atom is -0.358 e. The molecule has 1 aliphatic rings. The van der Waals surface area contributed by atoms with Crippen LogP contribution >= 0.6 is 0 Å². The van der Waals surface area contributed by atoms with Gasteiger partial charge in [-0.2, -0.15) is 0 Å². The minimum absolute atomic E-state index is 0.0782. The summed E-state index contributed by atoms with van der Waals surface area (Å²) >= 11 is 0. The maximum Gasteiger partial charge on any atom is 0.346 e. The van der Waals surface area contributed by atoms with Gasteiger partial charge in [0, 0.05) is 18.9 Å². The third-order valence-electron chi connectivity index (χ3n) is 2.25. The van der Waals surface area contributed by atoms with Crippen molar-refractivity contribution in [1.29, 1.82) is 0 Å². The summed E-state index contributed by atoms with van der Waals surface area (Å²) in [5, 5.41) is 19.1. The van der Waals surface area contributed by atoms with Crippen LogP contribution in [0.2, 0.25) is 0 Å². The number of carbonyl (C=O) groups excluding carboxylic acids is 1. The summed E-state index contributed by atoms with van der Waals surface area (Å²) in [6.45, 7) is 0.444. The molecular formula is C7H8N4O3. The molecule has 1 amide bonds. The highest BCUT2D eigenvalue weighted by Gasteiger charge is 2.30. The van der Waals surface area contributed by atoms with Gasteiger partial charge >= 0.3 is 5.82 Å². The fourth-order valence-corrected chi connectivity index (χ4v) is 1.56. The van der Waals surface area contributed by atoms with E-state index >= 15 is 0 Å². The van der Waals surface area contributed by atoms with E-state index in [-0.39, 0.29) is 17.6 Å². The summed E-state index contributed by atoms with van der Waals surface area (Å²) in [5.41, 5.74) is 0.494. The summed E-state index contributed by atoms with van der Waals surface area (Å²) in [4.78, 5) is 20.9. The monoisotopic (exact) mass is 196 g/mol. The lowest BCUT2D eigenvalue weighted by molar-refractivity contribution is -0.390. The molecule has 14 heavy (non-hydrogen) atoms. The number of nitrogens with zero attached hydrogens (tertiary/aromatic N) is 2. The average Bonchev–Trinajstić information content (AvgIpc) is 2.70. The second-order valence-electron chi connectivity index (χ2n) is 3.14. The van der Waals surface area contributed by atoms with Crippen LogP contribution in [0, 0.1) is 10.1 Å². The molecule has 1 unspecified atom stereocenters. The first-order valence-corrected chi connectivity index (χ1v) is 4.13. The Bertz CT molecular complexity index is 386. The molecule has 1 fully saturated rings. The van der Waals surface area contributed by atoms with Gasteiger partial charge in [0.05, 0.1) is 11.8 Å². The van der Waals surface area contributed by atoms with Gasteiger partial charge in [0.15, 0.2) is 0 Å². The van der Waals surface area contributed by atoms with E-state index in [4.69, 9.17) is 0 Å². The van der Waals surface area contributed by atoms with Crippen LogP contribution in [0.5, 0.6) is 0 Å². The molecule has 7 heteroatoms. The zero-order chi connectivity index (χ0) is 10.1. The van der Waals surface area contributed by atoms with Crippen LogP contribution in [0.4, 0.5) is 5.82 Å². The third kappa shape index (κ3) is 1.32. The molecule has 0 bridgehead atoms. The summed E-state index contributed by atoms with van der Waals surface area (Å²) < 4.78 is 0. The van der Waals surface area contributed by atoms with Crippen molar-refractivity contribution in [3.8, 4) is 0 Å². The molecule has 1 saturated heterocycles. The predicted octanol–water partition coefficient (Wildman–Crippen LogP) is -0.0786. The fourth-order valence-electron chi connectivity index (χ4n) is 1.56. The van der Waals surface area contributed by atoms with E-state index in [1.807, 2.05) is 0 Å². The number of aromatic nitrogens is 2. The maximum atomic E-state index is 10.9. The van der Waals surface area contributed by atoms with Crippen molar-refractivity contribution in [2.24, 2.45) is 0 Å². The Balaban J connectivity index is 2.28. The molecule has 2 heterocycles. The zero-order valence-corrected chi connectivity index (χ0v) is 7.19. The zero-order valence-electron chi connectivity index (χ0n) is 7.19. The van der Waals surface area contributed by atoms with E-state index < -0.39 is 4.92 Å². The first kappa shape index (κ1) is 8.67. The highest BCUT2D eigenvalue weighted by Crippen LogP contribution is 2.28. The number of rotatable bonds is 2. The molecular weight excluding hydrogens is 188 g/mol. The lowest BCUT2D eigenvalue weighted by Gasteiger charge is -2.02. The highest BCUT2D eigenvalue weighted by molar-refractivity contribution is 5.79. The molecule has 0 spiro atoms. The standard InChI is InChI=1S/C7H8N4O3/c12-6-1-4(2-8-6)5-3-9-10-7(5)11(13)14/h3-4H,1-2H2,(H,8,12)(H,9,10). The fraction of sp³-hybridized carbons (Fsp3) is 0.429. The van der Waals surface area contributed by atoms with Gasteiger partial charge in [-0.15, -0.1) is 5.10 Å². The van der Waals surface area contributed by atoms with Gasteiger partial charge in [-0.05, 0) is 4.92 Å². The van der Waals surface area contributed by atoms with Crippen molar-refractivity contribution in [2.45, 2.75) is 12.3 Å². The average molecular weight is 196 g/mol. The minimum atomic E-state index is -0.523. The number of nitrogens with one attached hydrogen (secondary N) is 2. The van der Waals surface area contributed by atoms with Crippen LogP contribution in [0.25, 0.3) is 0 Å². The summed E-state index contributed by atoms with van der Waals surface area (Å²) in [6.07, 6.45) is 1.70. The quantitative estimate of drug-likeness (QED) is 0.510. The molecule has 1 aromatic heterocycles. The van der Waals surface area contributed by atoms with Crippen molar-refractivity contribution in [3.63, 3.8) is 0 Å². The van der Waals surface area contributed by atoms with Gasteiger partial charge in [0.1, 0.15) is 0 Å². The summed E-state index contributed by atoms with van der Waals surface area (Å²) in [6, 6.07) is 0. The van der Waals surface area contributed by atoms with Crippen molar-refractivity contribution < 1.29 is 9.72 Å². The SMILES string of the molecule is O=C1CC(c2cn[nH]c2[N+](=O)[O-])CN1. The molecule has 0 aliphatic carbocycles. The van der Waals surface area contributed by atoms with E-state index in [1.165, 1.54) is 6.20 Å². The highest BCUT2D eigenvalue weighted by atomic mass is 16.6. The predicted molar refractivity (Wildman–Crippen MR) is 45.6 cm³/mol. The van der Waals surface area contributed by atoms with E-state index in [9.17, 15) is 14.9 Å². The molecule has 7 nitrogen and oxygen atoms in total. The Hall–Kier alpha value is -1.92. The van der Waals surface area contributed by atoms with Gasteiger partial charge in [-0.1, -0.05) is 5.10 Å². The smallest absolute Gasteiger partial charge is 0.346 e. The van der Waals surface area contributed by atoms with Crippen LogP contribution < -0.4 is 5.32 Å². The first-order chi connectivity index (χ1) is 6.68. The van der Waals surface area contributed by atoms with E-state index in [0.29, 0.717) is 18.5 Å². The second-order valence-corrected chi connectivity index (χ2v) is 3.14. The largest absolute Gasteiger partial charge is 0.358 e. The Labute approximate surface area is 78.6 Å². The number of H-pyrrole nitrogens is 1. The van der Waals surface area contributed by atoms with Gasteiger partial charge < -0.3 is 15.4 Å². The molecule has 2 rings (SSSR count). The molecule has 1 aromatic rings. The van der Waals surface area contributed by atoms with Crippen LogP contribution in [-0.4, -0.2) is 27.6 Å². The first-order valence-electron chi connectivity index (χ1n) is 4.13. The van der Waals surface area contributed by atoms with Crippen LogP contribution in [0.1, 0.15) is 17.9 Å². The molecule has 0 aromatic carbocycles. The molecule has 1 aliphatic heterocycles. The number of carbonyl (C=O) groups is 1. The van der Waals surface area contributed by atoms with Gasteiger partial charge in [0.2, 0.25) is 5.91 Å². The summed E-state index contributed by atoms with van der Waals surface area (Å²) in [5.74, 6) is -0.335. The Kier molecular flexibility index (Phi) is 1.91. The number of hydrogen-bond donors (Lipinski definition) is 2. The second kappa shape index (κ2) is 3.09. The Morgan fingerprint density at radius 2 is 2.43 bits per heavy atom. The van der Waals surface area contributed by atoms with Crippen molar-refractivity contribution in [2.75, 3.05) is 6.54 Å². The Morgan fingerprint density at radius 3 is 3.00 bits per heavy atom. The van der Waals surface area contributed by atoms with Crippen LogP contribution in [0.15, 0.2) is 6.20 Å². The maximum absolute atomic E-state index is 10.9. The molecule has 2 N–H and O–H groups in total. The normalized spacial score (nSPS) is 20.9. The van der Waals surface area contributed by atoms with Gasteiger partial charge in [-0.3, -0.25) is 4.79 Å². The Morgan fingerprint density at radius 1 is 1.64 bits per heavy atom. The number of nitro groups is 1. The number of aromatic amines is 1. The van der Waals surface area contributed by atoms with Crippen molar-refractivity contribution in [3.05, 3.63) is 21.9 Å². The third-order valence-corrected chi connectivity index (χ3v) is 2.25. The van der Waals surface area contributed by atoms with Crippen LogP contribution in [0.3, 0.4) is 0 Å². The van der Waals surface area contributed by atoms with Gasteiger partial charge in [-0.25, -0.2) is 0 Å². The number of amides is 1. The molecule has 1 atom stereocenters. The summed E-state index contributed by atoms with van der Waals surface area (Å²) in [7, 11) is 0. The number of hydrogen-bond acceptors (Lipinski definition) is 4. The van der Waals surface area contributed by atoms with Gasteiger partial charge in [0.25, 0.3) is 0 Å². The molecule has 0 radical (unpaired) electrons. The van der Waals surface area contributed by atoms with E-state index in [1.54, 1.807) is 0 Å². The van der Waals surface area contributed by atoms with Crippen molar-refractivity contribution in [1.82, 2.24) is 15.5 Å². The lowest BCUT2D eigenvalue weighted by Crippen LogP contribution is -2.13. The topological polar surface area (TPSA) is 101 Å². The van der Waals surface area contributed by atoms with E-state index in [2.05, 4.69) is 15.5 Å². The molecule has 74 valence electrons. The van der Waals surface area contributed by atoms with Crippen LogP contribution in [-0.2, 0) is 4.79 Å². The van der Waals surface area contributed by atoms with Crippen molar-refractivity contribution >= 4 is 11.7 Å². The van der Waals surface area contributed by atoms with E-state index in [0.717, 1.165) is 0 Å². The molecule has 0 saturated carbocycles.